The fourth-order valence-electron chi connectivity index (χ4n) is 3.24. The van der Waals surface area contributed by atoms with Gasteiger partial charge >= 0.3 is 0 Å². The molecule has 138 valence electrons. The van der Waals surface area contributed by atoms with E-state index in [0.29, 0.717) is 13.2 Å². The lowest BCUT2D eigenvalue weighted by molar-refractivity contribution is -0.122. The van der Waals surface area contributed by atoms with Crippen LogP contribution in [-0.4, -0.2) is 19.1 Å². The molecule has 1 aliphatic heterocycles. The van der Waals surface area contributed by atoms with Crippen LogP contribution in [0.4, 0.5) is 17.1 Å². The molecule has 0 aliphatic carbocycles. The zero-order valence-corrected chi connectivity index (χ0v) is 15.8. The number of amides is 1. The summed E-state index contributed by atoms with van der Waals surface area (Å²) in [6, 6.07) is 16.3. The van der Waals surface area contributed by atoms with Crippen LogP contribution in [0.25, 0.3) is 0 Å². The quantitative estimate of drug-likeness (QED) is 0.805. The molecule has 1 fully saturated rings. The molecule has 4 heteroatoms. The van der Waals surface area contributed by atoms with Gasteiger partial charge in [0.15, 0.2) is 0 Å². The first-order valence-corrected chi connectivity index (χ1v) is 9.29. The summed E-state index contributed by atoms with van der Waals surface area (Å²) < 4.78 is 5.32. The summed E-state index contributed by atoms with van der Waals surface area (Å²) in [6.45, 7) is 7.98. The Morgan fingerprint density at radius 2 is 1.58 bits per heavy atom. The van der Waals surface area contributed by atoms with Crippen LogP contribution in [0.1, 0.15) is 39.2 Å². The maximum Gasteiger partial charge on any atom is 0.227 e. The first-order valence-electron chi connectivity index (χ1n) is 9.29. The zero-order valence-electron chi connectivity index (χ0n) is 15.8. The Morgan fingerprint density at radius 3 is 2.23 bits per heavy atom. The highest BCUT2D eigenvalue weighted by molar-refractivity contribution is 5.92. The van der Waals surface area contributed by atoms with E-state index in [1.54, 1.807) is 0 Å². The highest BCUT2D eigenvalue weighted by atomic mass is 16.5. The van der Waals surface area contributed by atoms with Crippen LogP contribution in [0.2, 0.25) is 0 Å². The molecule has 2 N–H and O–H groups in total. The SMILES string of the molecule is CC(C)(C)c1ccccc1Nc1ccc(NC(=O)C2CCOCC2)cc1. The van der Waals surface area contributed by atoms with Gasteiger partial charge in [-0.25, -0.2) is 0 Å². The third-order valence-electron chi connectivity index (χ3n) is 4.76. The number of anilines is 3. The Bertz CT molecular complexity index is 741. The van der Waals surface area contributed by atoms with Gasteiger partial charge in [0.2, 0.25) is 5.91 Å². The fourth-order valence-corrected chi connectivity index (χ4v) is 3.24. The summed E-state index contributed by atoms with van der Waals surface area (Å²) in [7, 11) is 0. The van der Waals surface area contributed by atoms with Gasteiger partial charge in [0, 0.05) is 36.2 Å². The molecule has 2 aromatic carbocycles. The molecule has 2 aromatic rings. The number of hydrogen-bond donors (Lipinski definition) is 2. The van der Waals surface area contributed by atoms with Crippen LogP contribution in [0.15, 0.2) is 48.5 Å². The summed E-state index contributed by atoms with van der Waals surface area (Å²) >= 11 is 0. The van der Waals surface area contributed by atoms with Crippen molar-refractivity contribution in [3.8, 4) is 0 Å². The summed E-state index contributed by atoms with van der Waals surface area (Å²) in [5, 5.41) is 6.51. The number of nitrogens with one attached hydrogen (secondary N) is 2. The maximum absolute atomic E-state index is 12.3. The number of para-hydroxylation sites is 1. The Kier molecular flexibility index (Phi) is 5.62. The Balaban J connectivity index is 1.66. The predicted molar refractivity (Wildman–Crippen MR) is 107 cm³/mol. The van der Waals surface area contributed by atoms with Crippen molar-refractivity contribution in [3.05, 3.63) is 54.1 Å². The van der Waals surface area contributed by atoms with Gasteiger partial charge in [-0.2, -0.15) is 0 Å². The van der Waals surface area contributed by atoms with Crippen molar-refractivity contribution in [1.29, 1.82) is 0 Å². The summed E-state index contributed by atoms with van der Waals surface area (Å²) in [4.78, 5) is 12.3. The summed E-state index contributed by atoms with van der Waals surface area (Å²) in [5.74, 6) is 0.146. The average molecular weight is 352 g/mol. The normalized spacial score (nSPS) is 15.5. The van der Waals surface area contributed by atoms with Gasteiger partial charge in [0.05, 0.1) is 0 Å². The van der Waals surface area contributed by atoms with Crippen LogP contribution in [-0.2, 0) is 14.9 Å². The topological polar surface area (TPSA) is 50.4 Å². The second-order valence-corrected chi connectivity index (χ2v) is 7.87. The third kappa shape index (κ3) is 4.64. The monoisotopic (exact) mass is 352 g/mol. The first-order chi connectivity index (χ1) is 12.4. The zero-order chi connectivity index (χ0) is 18.6. The highest BCUT2D eigenvalue weighted by Crippen LogP contribution is 2.31. The Hall–Kier alpha value is -2.33. The minimum Gasteiger partial charge on any atom is -0.381 e. The van der Waals surface area contributed by atoms with E-state index in [1.807, 2.05) is 30.3 Å². The molecule has 0 atom stereocenters. The molecular formula is C22H28N2O2. The van der Waals surface area contributed by atoms with Gasteiger partial charge in [0.25, 0.3) is 0 Å². The molecule has 1 aliphatic rings. The van der Waals surface area contributed by atoms with E-state index < -0.39 is 0 Å². The Morgan fingerprint density at radius 1 is 0.962 bits per heavy atom. The molecule has 1 amide bonds. The molecule has 0 unspecified atom stereocenters. The van der Waals surface area contributed by atoms with Gasteiger partial charge < -0.3 is 15.4 Å². The lowest BCUT2D eigenvalue weighted by atomic mass is 9.86. The number of benzene rings is 2. The summed E-state index contributed by atoms with van der Waals surface area (Å²) in [5.41, 5.74) is 4.29. The minimum atomic E-state index is 0.0558. The second-order valence-electron chi connectivity index (χ2n) is 7.87. The first kappa shape index (κ1) is 18.5. The van der Waals surface area contributed by atoms with Crippen molar-refractivity contribution in [2.24, 2.45) is 5.92 Å². The maximum atomic E-state index is 12.3. The van der Waals surface area contributed by atoms with Crippen LogP contribution >= 0.6 is 0 Å². The van der Waals surface area contributed by atoms with Crippen molar-refractivity contribution < 1.29 is 9.53 Å². The standard InChI is InChI=1S/C22H28N2O2/c1-22(2,3)19-6-4-5-7-20(19)23-17-8-10-18(11-9-17)24-21(25)16-12-14-26-15-13-16/h4-11,16,23H,12-15H2,1-3H3,(H,24,25). The second kappa shape index (κ2) is 7.92. The van der Waals surface area contributed by atoms with Crippen molar-refractivity contribution in [3.63, 3.8) is 0 Å². The minimum absolute atomic E-state index is 0.0558. The summed E-state index contributed by atoms with van der Waals surface area (Å²) in [6.07, 6.45) is 1.60. The Labute approximate surface area is 156 Å². The van der Waals surface area contributed by atoms with Crippen LogP contribution in [0.3, 0.4) is 0 Å². The highest BCUT2D eigenvalue weighted by Gasteiger charge is 2.21. The van der Waals surface area contributed by atoms with Crippen molar-refractivity contribution in [2.75, 3.05) is 23.8 Å². The third-order valence-corrected chi connectivity index (χ3v) is 4.76. The van der Waals surface area contributed by atoms with Crippen LogP contribution < -0.4 is 10.6 Å². The predicted octanol–water partition coefficient (Wildman–Crippen LogP) is 5.09. The fraction of sp³-hybridized carbons (Fsp3) is 0.409. The lowest BCUT2D eigenvalue weighted by Crippen LogP contribution is -2.28. The molecule has 1 heterocycles. The lowest BCUT2D eigenvalue weighted by Gasteiger charge is -2.23. The van der Waals surface area contributed by atoms with E-state index in [0.717, 1.165) is 29.9 Å². The molecule has 1 saturated heterocycles. The molecule has 4 nitrogen and oxygen atoms in total. The number of rotatable bonds is 4. The molecule has 3 rings (SSSR count). The van der Waals surface area contributed by atoms with E-state index >= 15 is 0 Å². The number of hydrogen-bond acceptors (Lipinski definition) is 3. The van der Waals surface area contributed by atoms with E-state index in [9.17, 15) is 4.79 Å². The molecule has 0 aromatic heterocycles. The van der Waals surface area contributed by atoms with E-state index in [4.69, 9.17) is 4.74 Å². The van der Waals surface area contributed by atoms with Gasteiger partial charge in [-0.1, -0.05) is 39.0 Å². The van der Waals surface area contributed by atoms with Crippen molar-refractivity contribution in [2.45, 2.75) is 39.0 Å². The van der Waals surface area contributed by atoms with E-state index in [1.165, 1.54) is 5.56 Å². The van der Waals surface area contributed by atoms with E-state index in [-0.39, 0.29) is 17.2 Å². The van der Waals surface area contributed by atoms with Crippen molar-refractivity contribution in [1.82, 2.24) is 0 Å². The molecule has 0 bridgehead atoms. The number of carbonyl (C=O) groups is 1. The van der Waals surface area contributed by atoms with E-state index in [2.05, 4.69) is 49.6 Å². The van der Waals surface area contributed by atoms with Gasteiger partial charge in [0.1, 0.15) is 0 Å². The largest absolute Gasteiger partial charge is 0.381 e. The van der Waals surface area contributed by atoms with Crippen LogP contribution in [0, 0.1) is 5.92 Å². The smallest absolute Gasteiger partial charge is 0.227 e. The van der Waals surface area contributed by atoms with Crippen LogP contribution in [0.5, 0.6) is 0 Å². The van der Waals surface area contributed by atoms with Gasteiger partial charge in [-0.15, -0.1) is 0 Å². The average Bonchev–Trinajstić information content (AvgIpc) is 2.63. The molecule has 0 spiro atoms. The van der Waals surface area contributed by atoms with Gasteiger partial charge in [-0.05, 0) is 54.2 Å². The molecule has 0 saturated carbocycles. The molecular weight excluding hydrogens is 324 g/mol. The molecule has 26 heavy (non-hydrogen) atoms. The van der Waals surface area contributed by atoms with Crippen molar-refractivity contribution >= 4 is 23.0 Å². The number of ether oxygens (including phenoxy) is 1. The molecule has 0 radical (unpaired) electrons. The number of carbonyl (C=O) groups excluding carboxylic acids is 1. The van der Waals surface area contributed by atoms with Gasteiger partial charge in [-0.3, -0.25) is 4.79 Å².